The van der Waals surface area contributed by atoms with Crippen LogP contribution in [-0.2, 0) is 0 Å². The zero-order chi connectivity index (χ0) is 19.8. The second kappa shape index (κ2) is 7.01. The first-order valence-corrected chi connectivity index (χ1v) is 9.41. The van der Waals surface area contributed by atoms with Gasteiger partial charge >= 0.3 is 0 Å². The SMILES string of the molecule is O=[N+]([O-])c1ccc2cccc(OC[C@H]3CCCN3c3ncnc4nc[nH]c34)c2c1. The number of nitro groups is 1. The van der Waals surface area contributed by atoms with Crippen LogP contribution in [0, 0.1) is 10.1 Å². The van der Waals surface area contributed by atoms with Crippen molar-refractivity contribution in [3.05, 3.63) is 59.2 Å². The molecule has 9 nitrogen and oxygen atoms in total. The summed E-state index contributed by atoms with van der Waals surface area (Å²) in [6, 6.07) is 10.6. The summed E-state index contributed by atoms with van der Waals surface area (Å²) in [5.41, 5.74) is 1.52. The smallest absolute Gasteiger partial charge is 0.270 e. The fourth-order valence-corrected chi connectivity index (χ4v) is 3.92. The van der Waals surface area contributed by atoms with Crippen molar-refractivity contribution >= 4 is 33.4 Å². The maximum atomic E-state index is 11.1. The Balaban J connectivity index is 1.41. The normalized spacial score (nSPS) is 16.6. The standard InChI is InChI=1S/C20H18N6O3/c27-26(28)14-7-6-13-3-1-5-17(16(13)9-14)29-10-15-4-2-8-25(15)20-18-19(22-11-21-18)23-12-24-20/h1,3,5-7,9,11-12,15H,2,4,8,10H2,(H,21,22,23,24)/t15-/m1/s1. The number of non-ortho nitro benzene ring substituents is 1. The van der Waals surface area contributed by atoms with Crippen LogP contribution in [0.2, 0.25) is 0 Å². The molecule has 2 aromatic carbocycles. The number of fused-ring (bicyclic) bond motifs is 2. The first-order valence-electron chi connectivity index (χ1n) is 9.41. The van der Waals surface area contributed by atoms with Gasteiger partial charge in [-0.05, 0) is 30.4 Å². The number of nitro benzene ring substituents is 1. The largest absolute Gasteiger partial charge is 0.491 e. The van der Waals surface area contributed by atoms with Gasteiger partial charge in [-0.3, -0.25) is 10.1 Å². The van der Waals surface area contributed by atoms with E-state index in [2.05, 4.69) is 24.8 Å². The summed E-state index contributed by atoms with van der Waals surface area (Å²) in [4.78, 5) is 28.9. The minimum Gasteiger partial charge on any atom is -0.491 e. The minimum atomic E-state index is -0.389. The van der Waals surface area contributed by atoms with Crippen molar-refractivity contribution in [2.24, 2.45) is 0 Å². The number of hydrogen-bond acceptors (Lipinski definition) is 7. The number of aromatic amines is 1. The highest BCUT2D eigenvalue weighted by Crippen LogP contribution is 2.31. The van der Waals surface area contributed by atoms with E-state index in [1.54, 1.807) is 18.5 Å². The van der Waals surface area contributed by atoms with E-state index in [0.29, 0.717) is 18.0 Å². The van der Waals surface area contributed by atoms with Crippen LogP contribution >= 0.6 is 0 Å². The van der Waals surface area contributed by atoms with E-state index in [-0.39, 0.29) is 16.7 Å². The van der Waals surface area contributed by atoms with Crippen molar-refractivity contribution in [2.75, 3.05) is 18.1 Å². The number of H-pyrrole nitrogens is 1. The molecule has 1 saturated heterocycles. The molecule has 0 aliphatic carbocycles. The monoisotopic (exact) mass is 390 g/mol. The van der Waals surface area contributed by atoms with Crippen LogP contribution in [0.25, 0.3) is 21.9 Å². The van der Waals surface area contributed by atoms with Crippen LogP contribution in [-0.4, -0.2) is 44.1 Å². The summed E-state index contributed by atoms with van der Waals surface area (Å²) in [5, 5.41) is 12.8. The van der Waals surface area contributed by atoms with E-state index >= 15 is 0 Å². The van der Waals surface area contributed by atoms with E-state index in [0.717, 1.165) is 41.5 Å². The lowest BCUT2D eigenvalue weighted by molar-refractivity contribution is -0.384. The second-order valence-corrected chi connectivity index (χ2v) is 7.02. The molecule has 29 heavy (non-hydrogen) atoms. The van der Waals surface area contributed by atoms with Gasteiger partial charge in [0, 0.05) is 24.1 Å². The molecule has 4 aromatic rings. The number of anilines is 1. The summed E-state index contributed by atoms with van der Waals surface area (Å²) < 4.78 is 6.15. The maximum absolute atomic E-state index is 11.1. The first kappa shape index (κ1) is 17.4. The van der Waals surface area contributed by atoms with Gasteiger partial charge in [0.05, 0.1) is 17.3 Å². The van der Waals surface area contributed by atoms with Crippen LogP contribution in [0.15, 0.2) is 49.1 Å². The van der Waals surface area contributed by atoms with Gasteiger partial charge in [0.1, 0.15) is 24.2 Å². The first-order chi connectivity index (χ1) is 14.2. The zero-order valence-electron chi connectivity index (χ0n) is 15.5. The molecule has 1 fully saturated rings. The maximum Gasteiger partial charge on any atom is 0.270 e. The quantitative estimate of drug-likeness (QED) is 0.410. The van der Waals surface area contributed by atoms with Gasteiger partial charge in [0.25, 0.3) is 5.69 Å². The van der Waals surface area contributed by atoms with E-state index in [1.165, 1.54) is 12.4 Å². The lowest BCUT2D eigenvalue weighted by Gasteiger charge is -2.26. The Morgan fingerprint density at radius 1 is 1.24 bits per heavy atom. The summed E-state index contributed by atoms with van der Waals surface area (Å²) in [6.07, 6.45) is 5.16. The third-order valence-corrected chi connectivity index (χ3v) is 5.32. The van der Waals surface area contributed by atoms with Gasteiger partial charge in [0.2, 0.25) is 0 Å². The molecule has 1 N–H and O–H groups in total. The molecule has 0 unspecified atom stereocenters. The third-order valence-electron chi connectivity index (χ3n) is 5.32. The summed E-state index contributed by atoms with van der Waals surface area (Å²) in [5.74, 6) is 1.47. The number of aromatic nitrogens is 4. The highest BCUT2D eigenvalue weighted by molar-refractivity contribution is 5.90. The summed E-state index contributed by atoms with van der Waals surface area (Å²) >= 11 is 0. The van der Waals surface area contributed by atoms with Crippen molar-refractivity contribution in [3.63, 3.8) is 0 Å². The number of nitrogens with zero attached hydrogens (tertiary/aromatic N) is 5. The fourth-order valence-electron chi connectivity index (χ4n) is 3.92. The molecule has 0 spiro atoms. The number of benzene rings is 2. The van der Waals surface area contributed by atoms with Crippen molar-refractivity contribution in [3.8, 4) is 5.75 Å². The molecule has 5 rings (SSSR count). The molecule has 9 heteroatoms. The molecule has 0 radical (unpaired) electrons. The Hall–Kier alpha value is -3.75. The minimum absolute atomic E-state index is 0.0543. The molecule has 1 aliphatic heterocycles. The molecule has 0 amide bonds. The van der Waals surface area contributed by atoms with Crippen molar-refractivity contribution < 1.29 is 9.66 Å². The Morgan fingerprint density at radius 2 is 2.17 bits per heavy atom. The number of nitrogens with one attached hydrogen (secondary N) is 1. The Morgan fingerprint density at radius 3 is 3.07 bits per heavy atom. The molecule has 0 bridgehead atoms. The van der Waals surface area contributed by atoms with Gasteiger partial charge in [-0.15, -0.1) is 0 Å². The zero-order valence-corrected chi connectivity index (χ0v) is 15.5. The van der Waals surface area contributed by atoms with Gasteiger partial charge in [-0.1, -0.05) is 12.1 Å². The molecule has 3 heterocycles. The van der Waals surface area contributed by atoms with Crippen LogP contribution in [0.4, 0.5) is 11.5 Å². The average molecular weight is 390 g/mol. The number of hydrogen-bond donors (Lipinski definition) is 1. The molecular weight excluding hydrogens is 372 g/mol. The van der Waals surface area contributed by atoms with Crippen LogP contribution in [0.3, 0.4) is 0 Å². The van der Waals surface area contributed by atoms with E-state index in [1.807, 2.05) is 18.2 Å². The van der Waals surface area contributed by atoms with Crippen molar-refractivity contribution in [1.82, 2.24) is 19.9 Å². The van der Waals surface area contributed by atoms with Crippen LogP contribution < -0.4 is 9.64 Å². The molecule has 1 atom stereocenters. The molecule has 0 saturated carbocycles. The van der Waals surface area contributed by atoms with Crippen LogP contribution in [0.1, 0.15) is 12.8 Å². The Labute approximate surface area is 165 Å². The van der Waals surface area contributed by atoms with Gasteiger partial charge in [0.15, 0.2) is 11.5 Å². The molecule has 146 valence electrons. The van der Waals surface area contributed by atoms with Crippen molar-refractivity contribution in [1.29, 1.82) is 0 Å². The Kier molecular flexibility index (Phi) is 4.19. The lowest BCUT2D eigenvalue weighted by atomic mass is 10.1. The van der Waals surface area contributed by atoms with E-state index in [9.17, 15) is 10.1 Å². The van der Waals surface area contributed by atoms with Gasteiger partial charge in [-0.25, -0.2) is 15.0 Å². The number of imidazole rings is 1. The summed E-state index contributed by atoms with van der Waals surface area (Å²) in [6.45, 7) is 1.33. The highest BCUT2D eigenvalue weighted by Gasteiger charge is 2.28. The average Bonchev–Trinajstić information content (AvgIpc) is 3.40. The molecular formula is C20H18N6O3. The van der Waals surface area contributed by atoms with Crippen LogP contribution in [0.5, 0.6) is 5.75 Å². The molecule has 1 aliphatic rings. The fraction of sp³-hybridized carbons (Fsp3) is 0.250. The van der Waals surface area contributed by atoms with Gasteiger partial charge < -0.3 is 14.6 Å². The predicted octanol–water partition coefficient (Wildman–Crippen LogP) is 3.46. The summed E-state index contributed by atoms with van der Waals surface area (Å²) in [7, 11) is 0. The highest BCUT2D eigenvalue weighted by atomic mass is 16.6. The molecule has 2 aromatic heterocycles. The van der Waals surface area contributed by atoms with E-state index < -0.39 is 0 Å². The van der Waals surface area contributed by atoms with E-state index in [4.69, 9.17) is 4.74 Å². The van der Waals surface area contributed by atoms with Crippen molar-refractivity contribution in [2.45, 2.75) is 18.9 Å². The topological polar surface area (TPSA) is 110 Å². The number of ether oxygens (including phenoxy) is 1. The second-order valence-electron chi connectivity index (χ2n) is 7.02. The Bertz CT molecular complexity index is 1210. The third kappa shape index (κ3) is 3.10. The lowest BCUT2D eigenvalue weighted by Crippen LogP contribution is -2.35. The van der Waals surface area contributed by atoms with Gasteiger partial charge in [-0.2, -0.15) is 0 Å². The number of rotatable bonds is 5. The predicted molar refractivity (Wildman–Crippen MR) is 108 cm³/mol.